The number of hydrogen-bond donors (Lipinski definition) is 2. The van der Waals surface area contributed by atoms with Crippen LogP contribution in [-0.2, 0) is 11.2 Å². The number of nitrogens with two attached hydrogens (primary N) is 1. The summed E-state index contributed by atoms with van der Waals surface area (Å²) in [6.45, 7) is 2.05. The summed E-state index contributed by atoms with van der Waals surface area (Å²) < 4.78 is 0. The molecule has 2 aromatic rings. The summed E-state index contributed by atoms with van der Waals surface area (Å²) in [4.78, 5) is 14.8. The lowest BCUT2D eigenvalue weighted by molar-refractivity contribution is -0.122. The number of nitrogens with zero attached hydrogens (tertiary/aromatic N) is 1. The quantitative estimate of drug-likeness (QED) is 0.892. The molecule has 0 aromatic heterocycles. The van der Waals surface area contributed by atoms with Crippen LogP contribution in [0.2, 0.25) is 0 Å². The fourth-order valence-electron chi connectivity index (χ4n) is 4.44. The third-order valence-electron chi connectivity index (χ3n) is 5.74. The maximum atomic E-state index is 12.6. The van der Waals surface area contributed by atoms with E-state index in [9.17, 15) is 4.79 Å². The number of nitrogens with one attached hydrogen (secondary N) is 1. The predicted molar refractivity (Wildman–Crippen MR) is 104 cm³/mol. The third-order valence-corrected chi connectivity index (χ3v) is 5.74. The SMILES string of the molecule is N[C@@H]1CN(CC(=O)NC2CCCc3ccccc32)C[C@H]1c1ccccc1. The number of amides is 1. The van der Waals surface area contributed by atoms with E-state index in [1.54, 1.807) is 0 Å². The maximum Gasteiger partial charge on any atom is 0.234 e. The number of fused-ring (bicyclic) bond motifs is 1. The number of hydrogen-bond acceptors (Lipinski definition) is 3. The zero-order valence-corrected chi connectivity index (χ0v) is 15.1. The predicted octanol–water partition coefficient (Wildman–Crippen LogP) is 2.61. The topological polar surface area (TPSA) is 58.4 Å². The van der Waals surface area contributed by atoms with E-state index in [2.05, 4.69) is 58.7 Å². The molecule has 1 heterocycles. The van der Waals surface area contributed by atoms with E-state index in [-0.39, 0.29) is 18.0 Å². The molecule has 1 aliphatic heterocycles. The Morgan fingerprint density at radius 3 is 2.69 bits per heavy atom. The van der Waals surface area contributed by atoms with Crippen molar-refractivity contribution in [3.05, 3.63) is 71.3 Å². The Morgan fingerprint density at radius 1 is 1.08 bits per heavy atom. The van der Waals surface area contributed by atoms with Crippen molar-refractivity contribution in [3.63, 3.8) is 0 Å². The van der Waals surface area contributed by atoms with Crippen molar-refractivity contribution in [2.24, 2.45) is 5.73 Å². The highest BCUT2D eigenvalue weighted by Gasteiger charge is 2.32. The standard InChI is InChI=1S/C22H27N3O/c23-20-14-25(13-19(20)17-7-2-1-3-8-17)15-22(26)24-21-12-6-10-16-9-4-5-11-18(16)21/h1-5,7-9,11,19-21H,6,10,12-15,23H2,(H,24,26)/t19-,20+,21?/m0/s1. The summed E-state index contributed by atoms with van der Waals surface area (Å²) >= 11 is 0. The van der Waals surface area contributed by atoms with Crippen LogP contribution in [-0.4, -0.2) is 36.5 Å². The summed E-state index contributed by atoms with van der Waals surface area (Å²) in [5.74, 6) is 0.409. The lowest BCUT2D eigenvalue weighted by Crippen LogP contribution is -2.39. The van der Waals surface area contributed by atoms with Gasteiger partial charge in [0, 0.05) is 25.0 Å². The highest BCUT2D eigenvalue weighted by molar-refractivity contribution is 5.78. The molecular weight excluding hydrogens is 322 g/mol. The highest BCUT2D eigenvalue weighted by atomic mass is 16.2. The molecule has 1 amide bonds. The number of carbonyl (C=O) groups excluding carboxylic acids is 1. The van der Waals surface area contributed by atoms with Gasteiger partial charge >= 0.3 is 0 Å². The van der Waals surface area contributed by atoms with Gasteiger partial charge in [-0.25, -0.2) is 0 Å². The van der Waals surface area contributed by atoms with Crippen LogP contribution < -0.4 is 11.1 Å². The molecule has 3 atom stereocenters. The van der Waals surface area contributed by atoms with E-state index >= 15 is 0 Å². The van der Waals surface area contributed by atoms with Crippen molar-refractivity contribution in [2.75, 3.05) is 19.6 Å². The van der Waals surface area contributed by atoms with Gasteiger partial charge in [0.2, 0.25) is 5.91 Å². The van der Waals surface area contributed by atoms with Gasteiger partial charge in [-0.3, -0.25) is 9.69 Å². The van der Waals surface area contributed by atoms with Crippen molar-refractivity contribution in [2.45, 2.75) is 37.3 Å². The van der Waals surface area contributed by atoms with E-state index in [0.29, 0.717) is 12.5 Å². The highest BCUT2D eigenvalue weighted by Crippen LogP contribution is 2.30. The first-order valence-electron chi connectivity index (χ1n) is 9.61. The molecule has 2 aliphatic rings. The summed E-state index contributed by atoms with van der Waals surface area (Å²) in [6.07, 6.45) is 3.27. The molecule has 1 aliphatic carbocycles. The molecule has 4 heteroatoms. The monoisotopic (exact) mass is 349 g/mol. The number of rotatable bonds is 4. The summed E-state index contributed by atoms with van der Waals surface area (Å²) in [5.41, 5.74) is 10.3. The third kappa shape index (κ3) is 3.67. The first-order chi connectivity index (χ1) is 12.7. The fraction of sp³-hybridized carbons (Fsp3) is 0.409. The first kappa shape index (κ1) is 17.3. The van der Waals surface area contributed by atoms with E-state index in [4.69, 9.17) is 5.73 Å². The zero-order chi connectivity index (χ0) is 17.9. The Bertz CT molecular complexity index is 761. The second-order valence-corrected chi connectivity index (χ2v) is 7.59. The van der Waals surface area contributed by atoms with E-state index < -0.39 is 0 Å². The summed E-state index contributed by atoms with van der Waals surface area (Å²) in [7, 11) is 0. The fourth-order valence-corrected chi connectivity index (χ4v) is 4.44. The molecular formula is C22H27N3O. The Balaban J connectivity index is 1.36. The maximum absolute atomic E-state index is 12.6. The van der Waals surface area contributed by atoms with E-state index in [1.165, 1.54) is 16.7 Å². The Labute approximate surface area is 155 Å². The van der Waals surface area contributed by atoms with Crippen molar-refractivity contribution >= 4 is 5.91 Å². The minimum Gasteiger partial charge on any atom is -0.348 e. The lowest BCUT2D eigenvalue weighted by Gasteiger charge is -2.27. The molecule has 4 rings (SSSR count). The van der Waals surface area contributed by atoms with Gasteiger partial charge in [0.15, 0.2) is 0 Å². The Hall–Kier alpha value is -2.17. The van der Waals surface area contributed by atoms with Gasteiger partial charge < -0.3 is 11.1 Å². The van der Waals surface area contributed by atoms with Crippen LogP contribution in [0, 0.1) is 0 Å². The number of likely N-dealkylation sites (tertiary alicyclic amines) is 1. The lowest BCUT2D eigenvalue weighted by atomic mass is 9.88. The van der Waals surface area contributed by atoms with Crippen LogP contribution >= 0.6 is 0 Å². The first-order valence-corrected chi connectivity index (χ1v) is 9.61. The summed E-state index contributed by atoms with van der Waals surface area (Å²) in [5, 5.41) is 3.25. The molecule has 0 saturated carbocycles. The zero-order valence-electron chi connectivity index (χ0n) is 15.1. The van der Waals surface area contributed by atoms with Crippen LogP contribution in [0.15, 0.2) is 54.6 Å². The van der Waals surface area contributed by atoms with Gasteiger partial charge in [-0.15, -0.1) is 0 Å². The van der Waals surface area contributed by atoms with Crippen LogP contribution in [0.3, 0.4) is 0 Å². The second-order valence-electron chi connectivity index (χ2n) is 7.59. The molecule has 136 valence electrons. The van der Waals surface area contributed by atoms with Crippen LogP contribution in [0.5, 0.6) is 0 Å². The van der Waals surface area contributed by atoms with Crippen LogP contribution in [0.25, 0.3) is 0 Å². The van der Waals surface area contributed by atoms with Gasteiger partial charge in [-0.1, -0.05) is 54.6 Å². The molecule has 0 bridgehead atoms. The molecule has 1 saturated heterocycles. The molecule has 0 radical (unpaired) electrons. The van der Waals surface area contributed by atoms with Crippen LogP contribution in [0.1, 0.15) is 41.5 Å². The molecule has 0 spiro atoms. The normalized spacial score (nSPS) is 25.7. The van der Waals surface area contributed by atoms with Crippen LogP contribution in [0.4, 0.5) is 0 Å². The Morgan fingerprint density at radius 2 is 1.85 bits per heavy atom. The minimum absolute atomic E-state index is 0.0839. The summed E-state index contributed by atoms with van der Waals surface area (Å²) in [6, 6.07) is 19.1. The Kier molecular flexibility index (Phi) is 5.05. The van der Waals surface area contributed by atoms with Gasteiger partial charge in [0.05, 0.1) is 12.6 Å². The van der Waals surface area contributed by atoms with E-state index in [1.807, 2.05) is 6.07 Å². The minimum atomic E-state index is 0.0839. The molecule has 26 heavy (non-hydrogen) atoms. The molecule has 1 unspecified atom stereocenters. The van der Waals surface area contributed by atoms with E-state index in [0.717, 1.165) is 32.4 Å². The number of carbonyl (C=O) groups is 1. The average Bonchev–Trinajstić information content (AvgIpc) is 3.03. The smallest absolute Gasteiger partial charge is 0.234 e. The van der Waals surface area contributed by atoms with Crippen molar-refractivity contribution in [1.29, 1.82) is 0 Å². The average molecular weight is 349 g/mol. The van der Waals surface area contributed by atoms with Crippen molar-refractivity contribution in [3.8, 4) is 0 Å². The van der Waals surface area contributed by atoms with Gasteiger partial charge in [0.25, 0.3) is 0 Å². The second kappa shape index (κ2) is 7.60. The molecule has 3 N–H and O–H groups in total. The number of aryl methyl sites for hydroxylation is 1. The number of benzene rings is 2. The van der Waals surface area contributed by atoms with Crippen molar-refractivity contribution < 1.29 is 4.79 Å². The van der Waals surface area contributed by atoms with Gasteiger partial charge in [0.1, 0.15) is 0 Å². The van der Waals surface area contributed by atoms with Crippen molar-refractivity contribution in [1.82, 2.24) is 10.2 Å². The molecule has 1 fully saturated rings. The molecule has 4 nitrogen and oxygen atoms in total. The molecule has 2 aromatic carbocycles. The van der Waals surface area contributed by atoms with Gasteiger partial charge in [-0.05, 0) is 36.0 Å². The van der Waals surface area contributed by atoms with Gasteiger partial charge in [-0.2, -0.15) is 0 Å². The largest absolute Gasteiger partial charge is 0.348 e.